The highest BCUT2D eigenvalue weighted by molar-refractivity contribution is 5.71. The van der Waals surface area contributed by atoms with Crippen LogP contribution in [0.2, 0.25) is 0 Å². The Kier molecular flexibility index (Phi) is 51.5. The van der Waals surface area contributed by atoms with Crippen LogP contribution in [0.5, 0.6) is 0 Å². The lowest BCUT2D eigenvalue weighted by atomic mass is 10.1. The van der Waals surface area contributed by atoms with Crippen LogP contribution in [0.25, 0.3) is 0 Å². The van der Waals surface area contributed by atoms with E-state index in [4.69, 9.17) is 14.2 Å². The Morgan fingerprint density at radius 3 is 1.10 bits per heavy atom. The Labute approximate surface area is 417 Å². The summed E-state index contributed by atoms with van der Waals surface area (Å²) in [5.41, 5.74) is 0. The second-order valence-corrected chi connectivity index (χ2v) is 17.6. The summed E-state index contributed by atoms with van der Waals surface area (Å²) in [6, 6.07) is 0. The maximum atomic E-state index is 12.8. The zero-order chi connectivity index (χ0) is 49.3. The van der Waals surface area contributed by atoms with E-state index >= 15 is 0 Å². The van der Waals surface area contributed by atoms with E-state index in [9.17, 15) is 14.4 Å². The van der Waals surface area contributed by atoms with Gasteiger partial charge in [0.1, 0.15) is 13.2 Å². The molecule has 0 heterocycles. The number of hydrogen-bond donors (Lipinski definition) is 0. The summed E-state index contributed by atoms with van der Waals surface area (Å²) in [6.07, 6.45) is 77.1. The molecule has 68 heavy (non-hydrogen) atoms. The molecule has 0 N–H and O–H groups in total. The number of carbonyl (C=O) groups excluding carboxylic acids is 3. The zero-order valence-electron chi connectivity index (χ0n) is 43.6. The van der Waals surface area contributed by atoms with Gasteiger partial charge in [-0.05, 0) is 96.3 Å². The molecule has 6 nitrogen and oxygen atoms in total. The van der Waals surface area contributed by atoms with Gasteiger partial charge in [-0.25, -0.2) is 0 Å². The van der Waals surface area contributed by atoms with Crippen molar-refractivity contribution in [3.05, 3.63) is 134 Å². The van der Waals surface area contributed by atoms with Crippen molar-refractivity contribution in [2.75, 3.05) is 13.2 Å². The van der Waals surface area contributed by atoms with Crippen molar-refractivity contribution in [1.29, 1.82) is 0 Å². The molecule has 0 aliphatic heterocycles. The average molecular weight is 939 g/mol. The fourth-order valence-corrected chi connectivity index (χ4v) is 7.02. The first-order chi connectivity index (χ1) is 33.5. The van der Waals surface area contributed by atoms with Crippen LogP contribution >= 0.6 is 0 Å². The van der Waals surface area contributed by atoms with Gasteiger partial charge in [0, 0.05) is 19.3 Å². The molecule has 0 amide bonds. The van der Waals surface area contributed by atoms with Gasteiger partial charge in [0.25, 0.3) is 0 Å². The predicted octanol–water partition coefficient (Wildman–Crippen LogP) is 18.3. The molecule has 0 bridgehead atoms. The van der Waals surface area contributed by atoms with E-state index in [1.165, 1.54) is 70.6 Å². The van der Waals surface area contributed by atoms with E-state index in [-0.39, 0.29) is 31.1 Å². The molecule has 0 spiro atoms. The molecule has 0 aromatic carbocycles. The van der Waals surface area contributed by atoms with Crippen molar-refractivity contribution in [2.24, 2.45) is 0 Å². The van der Waals surface area contributed by atoms with Crippen LogP contribution in [0.3, 0.4) is 0 Å². The lowest BCUT2D eigenvalue weighted by molar-refractivity contribution is -0.167. The predicted molar refractivity (Wildman–Crippen MR) is 292 cm³/mol. The second kappa shape index (κ2) is 55.1. The number of esters is 3. The third-order valence-corrected chi connectivity index (χ3v) is 11.1. The molecule has 0 aromatic rings. The van der Waals surface area contributed by atoms with Crippen molar-refractivity contribution < 1.29 is 28.6 Å². The van der Waals surface area contributed by atoms with Crippen LogP contribution in [-0.4, -0.2) is 37.2 Å². The SMILES string of the molecule is CC\C=C/C=C\C=C/C=C\C=C\C=C/C=C\CCCCCC(=O)OCC(COC(=O)CCCCCCC/C=C\CCCCC)OC(=O)CCCCCCCCCCC/C=C\C/C=C\C/C=C\CC. The van der Waals surface area contributed by atoms with E-state index in [2.05, 4.69) is 81.5 Å². The zero-order valence-corrected chi connectivity index (χ0v) is 43.6. The van der Waals surface area contributed by atoms with Crippen LogP contribution in [0.4, 0.5) is 0 Å². The van der Waals surface area contributed by atoms with E-state index in [1.807, 2.05) is 72.9 Å². The molecule has 0 aliphatic carbocycles. The fourth-order valence-electron chi connectivity index (χ4n) is 7.02. The molecule has 0 saturated heterocycles. The maximum absolute atomic E-state index is 12.8. The first-order valence-corrected chi connectivity index (χ1v) is 27.3. The van der Waals surface area contributed by atoms with Gasteiger partial charge in [-0.1, -0.05) is 238 Å². The van der Waals surface area contributed by atoms with Crippen LogP contribution in [-0.2, 0) is 28.6 Å². The highest BCUT2D eigenvalue weighted by Gasteiger charge is 2.19. The van der Waals surface area contributed by atoms with E-state index in [0.717, 1.165) is 109 Å². The number of rotatable bonds is 47. The van der Waals surface area contributed by atoms with Crippen LogP contribution in [0.1, 0.15) is 220 Å². The topological polar surface area (TPSA) is 78.9 Å². The van der Waals surface area contributed by atoms with E-state index < -0.39 is 6.10 Å². The summed E-state index contributed by atoms with van der Waals surface area (Å²) in [4.78, 5) is 38.1. The number of unbranched alkanes of at least 4 members (excludes halogenated alkanes) is 20. The lowest BCUT2D eigenvalue weighted by Gasteiger charge is -2.18. The van der Waals surface area contributed by atoms with E-state index in [0.29, 0.717) is 19.3 Å². The van der Waals surface area contributed by atoms with Crippen LogP contribution in [0.15, 0.2) is 134 Å². The molecule has 0 aliphatic rings. The summed E-state index contributed by atoms with van der Waals surface area (Å²) in [7, 11) is 0. The molecule has 6 heteroatoms. The molecule has 0 radical (unpaired) electrons. The summed E-state index contributed by atoms with van der Waals surface area (Å²) >= 11 is 0. The van der Waals surface area contributed by atoms with Gasteiger partial charge in [0.15, 0.2) is 6.10 Å². The third kappa shape index (κ3) is 52.5. The minimum absolute atomic E-state index is 0.104. The Morgan fingerprint density at radius 1 is 0.324 bits per heavy atom. The fraction of sp³-hybridized carbons (Fsp3) is 0.597. The van der Waals surface area contributed by atoms with Crippen molar-refractivity contribution in [1.82, 2.24) is 0 Å². The summed E-state index contributed by atoms with van der Waals surface area (Å²) in [5, 5.41) is 0. The molecule has 0 rings (SSSR count). The normalized spacial score (nSPS) is 13.2. The molecule has 382 valence electrons. The summed E-state index contributed by atoms with van der Waals surface area (Å²) in [6.45, 7) is 6.29. The third-order valence-electron chi connectivity index (χ3n) is 11.1. The van der Waals surface area contributed by atoms with Gasteiger partial charge in [-0.3, -0.25) is 14.4 Å². The highest BCUT2D eigenvalue weighted by atomic mass is 16.6. The maximum Gasteiger partial charge on any atom is 0.306 e. The number of carbonyl (C=O) groups is 3. The molecule has 1 atom stereocenters. The van der Waals surface area contributed by atoms with Gasteiger partial charge in [0.2, 0.25) is 0 Å². The minimum Gasteiger partial charge on any atom is -0.462 e. The first-order valence-electron chi connectivity index (χ1n) is 27.3. The van der Waals surface area contributed by atoms with Crippen molar-refractivity contribution in [2.45, 2.75) is 226 Å². The quantitative estimate of drug-likeness (QED) is 0.0199. The molecule has 1 unspecified atom stereocenters. The monoisotopic (exact) mass is 939 g/mol. The Bertz CT molecular complexity index is 1500. The Hall–Kier alpha value is -4.45. The van der Waals surface area contributed by atoms with Gasteiger partial charge >= 0.3 is 17.9 Å². The van der Waals surface area contributed by atoms with Gasteiger partial charge in [-0.2, -0.15) is 0 Å². The van der Waals surface area contributed by atoms with Crippen LogP contribution in [0, 0.1) is 0 Å². The van der Waals surface area contributed by atoms with Gasteiger partial charge in [-0.15, -0.1) is 0 Å². The van der Waals surface area contributed by atoms with Crippen molar-refractivity contribution >= 4 is 17.9 Å². The second-order valence-electron chi connectivity index (χ2n) is 17.6. The van der Waals surface area contributed by atoms with Crippen molar-refractivity contribution in [3.63, 3.8) is 0 Å². The van der Waals surface area contributed by atoms with Gasteiger partial charge < -0.3 is 14.2 Å². The molecular weight excluding hydrogens is 841 g/mol. The summed E-state index contributed by atoms with van der Waals surface area (Å²) < 4.78 is 16.8. The smallest absolute Gasteiger partial charge is 0.306 e. The molecule has 0 aromatic heterocycles. The number of allylic oxidation sites excluding steroid dienone is 22. The molecular formula is C62H98O6. The summed E-state index contributed by atoms with van der Waals surface area (Å²) in [5.74, 6) is -0.971. The number of hydrogen-bond acceptors (Lipinski definition) is 6. The molecule has 0 fully saturated rings. The lowest BCUT2D eigenvalue weighted by Crippen LogP contribution is -2.30. The highest BCUT2D eigenvalue weighted by Crippen LogP contribution is 2.14. The van der Waals surface area contributed by atoms with E-state index in [1.54, 1.807) is 0 Å². The van der Waals surface area contributed by atoms with Gasteiger partial charge in [0.05, 0.1) is 0 Å². The van der Waals surface area contributed by atoms with Crippen LogP contribution < -0.4 is 0 Å². The first kappa shape index (κ1) is 63.5. The number of ether oxygens (including phenoxy) is 3. The Morgan fingerprint density at radius 2 is 0.647 bits per heavy atom. The minimum atomic E-state index is -0.808. The standard InChI is InChI=1S/C62H98O6/c1-4-7-10-13-16-19-22-25-27-29-31-33-35-37-40-43-46-49-52-55-61(64)67-58-59(57-66-60(63)54-51-48-45-42-39-24-21-18-15-12-9-6-3)68-62(65)56-53-50-47-44-41-38-36-34-32-30-28-26-23-20-17-14-11-8-5-2/h7-8,10-11,13,16-22,25-29,31,33,35,37,40,59H,4-6,9,12,14-15,23-24,30,32,34,36,38-39,41-58H2,1-3H3/b10-7-,11-8-,16-13-,20-17-,21-18-,22-19-,27-25-,28-26-,31-29+,35-33-,40-37-. The largest absolute Gasteiger partial charge is 0.462 e. The Balaban J connectivity index is 4.51. The average Bonchev–Trinajstić information content (AvgIpc) is 3.34. The van der Waals surface area contributed by atoms with Crippen molar-refractivity contribution in [3.8, 4) is 0 Å². The molecule has 0 saturated carbocycles.